The minimum absolute atomic E-state index is 0.140. The number of nitrogens with zero attached hydrogens (tertiary/aromatic N) is 2. The predicted molar refractivity (Wildman–Crippen MR) is 108 cm³/mol. The Kier molecular flexibility index (Phi) is 6.13. The molecule has 0 saturated carbocycles. The van der Waals surface area contributed by atoms with E-state index in [4.69, 9.17) is 11.6 Å². The number of Topliss-reactive ketones (excluding diaryl/α,β-unsaturated/α-hetero) is 1. The van der Waals surface area contributed by atoms with Crippen molar-refractivity contribution in [2.45, 2.75) is 39.2 Å². The third-order valence-electron chi connectivity index (χ3n) is 4.85. The third-order valence-corrected chi connectivity index (χ3v) is 5.10. The van der Waals surface area contributed by atoms with Gasteiger partial charge in [-0.3, -0.25) is 19.2 Å². The highest BCUT2D eigenvalue weighted by Gasteiger charge is 2.39. The molecule has 6 nitrogen and oxygen atoms in total. The zero-order chi connectivity index (χ0) is 21.1. The average Bonchev–Trinajstić information content (AvgIpc) is 2.70. The van der Waals surface area contributed by atoms with E-state index in [1.807, 2.05) is 6.92 Å². The van der Waals surface area contributed by atoms with Gasteiger partial charge in [0.05, 0.1) is 0 Å². The number of hydrogen-bond acceptors (Lipinski definition) is 4. The number of benzene rings is 2. The molecule has 0 N–H and O–H groups in total. The fraction of sp³-hybridized carbons (Fsp3) is 0.273. The predicted octanol–water partition coefficient (Wildman–Crippen LogP) is 3.82. The molecule has 0 radical (unpaired) electrons. The molecular weight excluding hydrogens is 392 g/mol. The highest BCUT2D eigenvalue weighted by atomic mass is 35.5. The van der Waals surface area contributed by atoms with Gasteiger partial charge in [-0.15, -0.1) is 0 Å². The molecule has 1 aliphatic rings. The van der Waals surface area contributed by atoms with Crippen molar-refractivity contribution in [3.8, 4) is 0 Å². The highest BCUT2D eigenvalue weighted by Crippen LogP contribution is 2.22. The van der Waals surface area contributed by atoms with Gasteiger partial charge < -0.3 is 0 Å². The summed E-state index contributed by atoms with van der Waals surface area (Å²) in [6.45, 7) is 3.42. The Bertz CT molecular complexity index is 938. The first-order valence-electron chi connectivity index (χ1n) is 9.35. The molecule has 3 amide bonds. The van der Waals surface area contributed by atoms with Crippen LogP contribution in [0.25, 0.3) is 0 Å². The van der Waals surface area contributed by atoms with Gasteiger partial charge in [0.2, 0.25) is 11.8 Å². The SMILES string of the molecule is Cc1ccc(C(=O)[C@H](C)N(C(=O)c2ccc(Cl)cc2)N2C(=O)CCCC2=O)cc1. The Morgan fingerprint density at radius 2 is 1.45 bits per heavy atom. The van der Waals surface area contributed by atoms with E-state index in [0.29, 0.717) is 17.0 Å². The van der Waals surface area contributed by atoms with Gasteiger partial charge in [-0.2, -0.15) is 5.01 Å². The molecule has 1 heterocycles. The summed E-state index contributed by atoms with van der Waals surface area (Å²) in [4.78, 5) is 51.4. The molecule has 1 atom stereocenters. The molecular formula is C22H21ClN2O4. The molecule has 2 aromatic rings. The van der Waals surface area contributed by atoms with Crippen LogP contribution in [0.2, 0.25) is 5.02 Å². The monoisotopic (exact) mass is 412 g/mol. The summed E-state index contributed by atoms with van der Waals surface area (Å²) in [5.41, 5.74) is 1.61. The second-order valence-corrected chi connectivity index (χ2v) is 7.45. The molecule has 2 aromatic carbocycles. The van der Waals surface area contributed by atoms with Crippen LogP contribution in [-0.4, -0.2) is 39.6 Å². The van der Waals surface area contributed by atoms with Gasteiger partial charge in [0.1, 0.15) is 6.04 Å². The molecule has 1 aliphatic heterocycles. The molecule has 0 aliphatic carbocycles. The smallest absolute Gasteiger partial charge is 0.273 e. The molecule has 150 valence electrons. The Morgan fingerprint density at radius 1 is 0.931 bits per heavy atom. The first-order chi connectivity index (χ1) is 13.8. The van der Waals surface area contributed by atoms with Gasteiger partial charge >= 0.3 is 0 Å². The van der Waals surface area contributed by atoms with Crippen molar-refractivity contribution in [1.29, 1.82) is 0 Å². The second-order valence-electron chi connectivity index (χ2n) is 7.02. The van der Waals surface area contributed by atoms with Gasteiger partial charge in [0.15, 0.2) is 5.78 Å². The van der Waals surface area contributed by atoms with Crippen LogP contribution < -0.4 is 0 Å². The summed E-state index contributed by atoms with van der Waals surface area (Å²) in [5.74, 6) is -1.96. The van der Waals surface area contributed by atoms with Crippen molar-refractivity contribution >= 4 is 35.1 Å². The fourth-order valence-corrected chi connectivity index (χ4v) is 3.34. The van der Waals surface area contributed by atoms with E-state index in [1.165, 1.54) is 19.1 Å². The van der Waals surface area contributed by atoms with Crippen LogP contribution >= 0.6 is 11.6 Å². The highest BCUT2D eigenvalue weighted by molar-refractivity contribution is 6.30. The van der Waals surface area contributed by atoms with E-state index in [0.717, 1.165) is 15.6 Å². The maximum absolute atomic E-state index is 13.3. The fourth-order valence-electron chi connectivity index (χ4n) is 3.22. The number of aryl methyl sites for hydroxylation is 1. The standard InChI is InChI=1S/C22H21ClN2O4/c1-14-6-8-16(9-7-14)21(28)15(2)24(25-19(26)4-3-5-20(25)27)22(29)17-10-12-18(23)13-11-17/h6-13,15H,3-5H2,1-2H3/t15-/m0/s1. The molecule has 0 unspecified atom stereocenters. The number of hydrogen-bond donors (Lipinski definition) is 0. The summed E-state index contributed by atoms with van der Waals surface area (Å²) in [6.07, 6.45) is 0.709. The number of rotatable bonds is 5. The van der Waals surface area contributed by atoms with Crippen molar-refractivity contribution < 1.29 is 19.2 Å². The van der Waals surface area contributed by atoms with Crippen LogP contribution in [-0.2, 0) is 9.59 Å². The molecule has 7 heteroatoms. The Morgan fingerprint density at radius 3 is 2.00 bits per heavy atom. The second kappa shape index (κ2) is 8.57. The molecule has 3 rings (SSSR count). The lowest BCUT2D eigenvalue weighted by Gasteiger charge is -2.38. The number of ketones is 1. The van der Waals surface area contributed by atoms with Crippen molar-refractivity contribution in [3.63, 3.8) is 0 Å². The van der Waals surface area contributed by atoms with Crippen LogP contribution in [0.3, 0.4) is 0 Å². The first-order valence-corrected chi connectivity index (χ1v) is 9.73. The summed E-state index contributed by atoms with van der Waals surface area (Å²) < 4.78 is 0. The number of imide groups is 1. The van der Waals surface area contributed by atoms with Gasteiger partial charge in [-0.1, -0.05) is 41.4 Å². The minimum atomic E-state index is -1.05. The van der Waals surface area contributed by atoms with Gasteiger partial charge in [0, 0.05) is 29.0 Å². The van der Waals surface area contributed by atoms with Crippen LogP contribution in [0, 0.1) is 6.92 Å². The minimum Gasteiger partial charge on any atom is -0.292 e. The van der Waals surface area contributed by atoms with Gasteiger partial charge in [0.25, 0.3) is 5.91 Å². The largest absolute Gasteiger partial charge is 0.292 e. The molecule has 29 heavy (non-hydrogen) atoms. The van der Waals surface area contributed by atoms with Crippen LogP contribution in [0.1, 0.15) is 52.5 Å². The number of halogens is 1. The number of carbonyl (C=O) groups excluding carboxylic acids is 4. The average molecular weight is 413 g/mol. The van der Waals surface area contributed by atoms with Crippen molar-refractivity contribution in [2.24, 2.45) is 0 Å². The summed E-state index contributed by atoms with van der Waals surface area (Å²) in [6, 6.07) is 12.0. The van der Waals surface area contributed by atoms with Crippen molar-refractivity contribution in [1.82, 2.24) is 10.0 Å². The Hall–Kier alpha value is -2.99. The summed E-state index contributed by atoms with van der Waals surface area (Å²) in [5, 5.41) is 2.26. The Labute approximate surface area is 174 Å². The lowest BCUT2D eigenvalue weighted by Crippen LogP contribution is -2.59. The van der Waals surface area contributed by atoms with Gasteiger partial charge in [-0.05, 0) is 44.5 Å². The molecule has 0 bridgehead atoms. The topological polar surface area (TPSA) is 74.8 Å². The third kappa shape index (κ3) is 4.38. The van der Waals surface area contributed by atoms with E-state index in [-0.39, 0.29) is 24.2 Å². The van der Waals surface area contributed by atoms with Crippen molar-refractivity contribution in [2.75, 3.05) is 0 Å². The number of amides is 3. The van der Waals surface area contributed by atoms with E-state index in [2.05, 4.69) is 0 Å². The van der Waals surface area contributed by atoms with Crippen molar-refractivity contribution in [3.05, 3.63) is 70.2 Å². The lowest BCUT2D eigenvalue weighted by atomic mass is 10.0. The zero-order valence-corrected chi connectivity index (χ0v) is 17.0. The number of piperidine rings is 1. The zero-order valence-electron chi connectivity index (χ0n) is 16.2. The molecule has 1 saturated heterocycles. The normalized spacial score (nSPS) is 15.2. The van der Waals surface area contributed by atoms with Crippen LogP contribution in [0.15, 0.2) is 48.5 Å². The molecule has 0 aromatic heterocycles. The van der Waals surface area contributed by atoms with Crippen LogP contribution in [0.5, 0.6) is 0 Å². The lowest BCUT2D eigenvalue weighted by molar-refractivity contribution is -0.165. The van der Waals surface area contributed by atoms with E-state index < -0.39 is 23.8 Å². The first kappa shape index (κ1) is 20.7. The quantitative estimate of drug-likeness (QED) is 0.552. The summed E-state index contributed by atoms with van der Waals surface area (Å²) >= 11 is 5.90. The van der Waals surface area contributed by atoms with E-state index >= 15 is 0 Å². The van der Waals surface area contributed by atoms with E-state index in [9.17, 15) is 19.2 Å². The van der Waals surface area contributed by atoms with E-state index in [1.54, 1.807) is 36.4 Å². The Balaban J connectivity index is 2.01. The molecule has 1 fully saturated rings. The summed E-state index contributed by atoms with van der Waals surface area (Å²) in [7, 11) is 0. The van der Waals surface area contributed by atoms with Crippen LogP contribution in [0.4, 0.5) is 0 Å². The van der Waals surface area contributed by atoms with Gasteiger partial charge in [-0.25, -0.2) is 5.01 Å². The number of hydrazine groups is 1. The maximum Gasteiger partial charge on any atom is 0.273 e. The maximum atomic E-state index is 13.3. The number of carbonyl (C=O) groups is 4. The molecule has 0 spiro atoms.